The zero-order chi connectivity index (χ0) is 10.2. The van der Waals surface area contributed by atoms with Gasteiger partial charge < -0.3 is 5.11 Å². The van der Waals surface area contributed by atoms with Crippen molar-refractivity contribution in [3.05, 3.63) is 35.6 Å². The molecular formula is C12H15FO. The van der Waals surface area contributed by atoms with Gasteiger partial charge >= 0.3 is 0 Å². The van der Waals surface area contributed by atoms with Crippen LogP contribution >= 0.6 is 0 Å². The molecule has 1 saturated carbocycles. The van der Waals surface area contributed by atoms with Gasteiger partial charge in [-0.1, -0.05) is 19.1 Å². The number of halogens is 1. The predicted molar refractivity (Wildman–Crippen MR) is 53.3 cm³/mol. The Morgan fingerprint density at radius 2 is 2.00 bits per heavy atom. The second kappa shape index (κ2) is 3.35. The van der Waals surface area contributed by atoms with Crippen LogP contribution in [-0.2, 0) is 5.60 Å². The molecule has 0 heterocycles. The molecule has 2 heteroatoms. The summed E-state index contributed by atoms with van der Waals surface area (Å²) in [5.74, 6) is 0.0240. The van der Waals surface area contributed by atoms with E-state index in [1.807, 2.05) is 0 Å². The molecule has 2 rings (SSSR count). The van der Waals surface area contributed by atoms with Crippen molar-refractivity contribution in [2.45, 2.75) is 31.8 Å². The van der Waals surface area contributed by atoms with Crippen molar-refractivity contribution in [3.8, 4) is 0 Å². The van der Waals surface area contributed by atoms with Crippen molar-refractivity contribution >= 4 is 0 Å². The molecule has 0 spiro atoms. The van der Waals surface area contributed by atoms with E-state index in [1.165, 1.54) is 12.1 Å². The molecule has 1 aromatic carbocycles. The van der Waals surface area contributed by atoms with Gasteiger partial charge in [0.05, 0.1) is 5.60 Å². The quantitative estimate of drug-likeness (QED) is 0.728. The summed E-state index contributed by atoms with van der Waals surface area (Å²) in [6, 6.07) is 6.21. The Kier molecular flexibility index (Phi) is 2.31. The molecule has 0 bridgehead atoms. The van der Waals surface area contributed by atoms with Gasteiger partial charge in [0.15, 0.2) is 0 Å². The lowest BCUT2D eigenvalue weighted by Gasteiger charge is -2.28. The number of aliphatic hydroxyl groups is 1. The second-order valence-electron chi connectivity index (χ2n) is 4.22. The first-order chi connectivity index (χ1) is 6.63. The van der Waals surface area contributed by atoms with Crippen molar-refractivity contribution in [2.75, 3.05) is 0 Å². The monoisotopic (exact) mass is 194 g/mol. The van der Waals surface area contributed by atoms with Gasteiger partial charge in [0.1, 0.15) is 5.82 Å². The minimum atomic E-state index is -0.728. The molecule has 1 N–H and O–H groups in total. The van der Waals surface area contributed by atoms with Crippen LogP contribution in [0.2, 0.25) is 0 Å². The first kappa shape index (κ1) is 9.66. The van der Waals surface area contributed by atoms with Crippen LogP contribution in [-0.4, -0.2) is 5.11 Å². The van der Waals surface area contributed by atoms with Crippen molar-refractivity contribution < 1.29 is 9.50 Å². The van der Waals surface area contributed by atoms with E-state index in [4.69, 9.17) is 0 Å². The van der Waals surface area contributed by atoms with Gasteiger partial charge in [0.2, 0.25) is 0 Å². The molecule has 2 atom stereocenters. The summed E-state index contributed by atoms with van der Waals surface area (Å²) >= 11 is 0. The van der Waals surface area contributed by atoms with Crippen molar-refractivity contribution in [3.63, 3.8) is 0 Å². The highest BCUT2D eigenvalue weighted by atomic mass is 19.1. The maximum Gasteiger partial charge on any atom is 0.123 e. The third kappa shape index (κ3) is 1.44. The zero-order valence-corrected chi connectivity index (χ0v) is 8.33. The van der Waals surface area contributed by atoms with Crippen LogP contribution in [0.3, 0.4) is 0 Å². The molecule has 0 aromatic heterocycles. The number of hydrogen-bond donors (Lipinski definition) is 1. The Bertz CT molecular complexity index is 320. The molecular weight excluding hydrogens is 179 g/mol. The first-order valence-electron chi connectivity index (χ1n) is 5.11. The molecule has 1 fully saturated rings. The highest BCUT2D eigenvalue weighted by Gasteiger charge is 2.39. The Morgan fingerprint density at radius 3 is 2.50 bits per heavy atom. The number of benzene rings is 1. The van der Waals surface area contributed by atoms with Crippen LogP contribution in [0.1, 0.15) is 31.7 Å². The van der Waals surface area contributed by atoms with Gasteiger partial charge in [-0.2, -0.15) is 0 Å². The molecule has 1 aromatic rings. The predicted octanol–water partition coefficient (Wildman–Crippen LogP) is 2.83. The van der Waals surface area contributed by atoms with Gasteiger partial charge in [0.25, 0.3) is 0 Å². The van der Waals surface area contributed by atoms with Crippen molar-refractivity contribution in [2.24, 2.45) is 5.92 Å². The Morgan fingerprint density at radius 1 is 1.36 bits per heavy atom. The topological polar surface area (TPSA) is 20.2 Å². The molecule has 0 aliphatic heterocycles. The summed E-state index contributed by atoms with van der Waals surface area (Å²) in [7, 11) is 0. The molecule has 0 amide bonds. The standard InChI is InChI=1S/C12H15FO/c1-9-3-2-8-12(9,14)10-4-6-11(13)7-5-10/h4-7,9,14H,2-3,8H2,1H3/t9-,12-/m1/s1. The number of hydrogen-bond acceptors (Lipinski definition) is 1. The molecule has 0 saturated heterocycles. The normalized spacial score (nSPS) is 32.1. The van der Waals surface area contributed by atoms with E-state index in [9.17, 15) is 9.50 Å². The fraction of sp³-hybridized carbons (Fsp3) is 0.500. The molecule has 0 radical (unpaired) electrons. The van der Waals surface area contributed by atoms with Crippen molar-refractivity contribution in [1.82, 2.24) is 0 Å². The average molecular weight is 194 g/mol. The molecule has 1 nitrogen and oxygen atoms in total. The molecule has 14 heavy (non-hydrogen) atoms. The van der Waals surface area contributed by atoms with Crippen LogP contribution in [0.25, 0.3) is 0 Å². The highest BCUT2D eigenvalue weighted by Crippen LogP contribution is 2.43. The maximum atomic E-state index is 12.7. The molecule has 1 aliphatic carbocycles. The van der Waals surface area contributed by atoms with Crippen LogP contribution in [0.4, 0.5) is 4.39 Å². The Labute approximate surface area is 83.6 Å². The third-order valence-electron chi connectivity index (χ3n) is 3.35. The molecule has 0 unspecified atom stereocenters. The van der Waals surface area contributed by atoms with E-state index in [1.54, 1.807) is 12.1 Å². The molecule has 76 valence electrons. The van der Waals surface area contributed by atoms with Gasteiger partial charge in [0, 0.05) is 0 Å². The largest absolute Gasteiger partial charge is 0.385 e. The smallest absolute Gasteiger partial charge is 0.123 e. The fourth-order valence-corrected chi connectivity index (χ4v) is 2.33. The highest BCUT2D eigenvalue weighted by molar-refractivity contribution is 5.24. The summed E-state index contributed by atoms with van der Waals surface area (Å²) in [6.07, 6.45) is 2.89. The molecule has 1 aliphatic rings. The van der Waals surface area contributed by atoms with E-state index in [2.05, 4.69) is 6.92 Å². The number of rotatable bonds is 1. The van der Waals surface area contributed by atoms with Gasteiger partial charge in [-0.05, 0) is 42.9 Å². The van der Waals surface area contributed by atoms with Crippen LogP contribution in [0.5, 0.6) is 0 Å². The van der Waals surface area contributed by atoms with Crippen LogP contribution in [0, 0.1) is 11.7 Å². The van der Waals surface area contributed by atoms with E-state index >= 15 is 0 Å². The van der Waals surface area contributed by atoms with E-state index in [-0.39, 0.29) is 11.7 Å². The maximum absolute atomic E-state index is 12.7. The van der Waals surface area contributed by atoms with E-state index in [0.717, 1.165) is 24.8 Å². The second-order valence-corrected chi connectivity index (χ2v) is 4.22. The summed E-state index contributed by atoms with van der Waals surface area (Å²) < 4.78 is 12.7. The summed E-state index contributed by atoms with van der Waals surface area (Å²) in [5.41, 5.74) is 0.122. The van der Waals surface area contributed by atoms with Gasteiger partial charge in [-0.15, -0.1) is 0 Å². The van der Waals surface area contributed by atoms with E-state index in [0.29, 0.717) is 0 Å². The van der Waals surface area contributed by atoms with Gasteiger partial charge in [-0.25, -0.2) is 4.39 Å². The lowest BCUT2D eigenvalue weighted by Crippen LogP contribution is -2.28. The Hall–Kier alpha value is -0.890. The van der Waals surface area contributed by atoms with Gasteiger partial charge in [-0.3, -0.25) is 0 Å². The van der Waals surface area contributed by atoms with Crippen LogP contribution < -0.4 is 0 Å². The minimum Gasteiger partial charge on any atom is -0.385 e. The lowest BCUT2D eigenvalue weighted by molar-refractivity contribution is 0.00444. The summed E-state index contributed by atoms with van der Waals surface area (Å²) in [6.45, 7) is 2.05. The zero-order valence-electron chi connectivity index (χ0n) is 8.33. The minimum absolute atomic E-state index is 0.247. The summed E-state index contributed by atoms with van der Waals surface area (Å²) in [5, 5.41) is 10.4. The average Bonchev–Trinajstić information content (AvgIpc) is 2.49. The lowest BCUT2D eigenvalue weighted by atomic mass is 9.85. The SMILES string of the molecule is C[C@@H]1CCC[C@]1(O)c1ccc(F)cc1. The fourth-order valence-electron chi connectivity index (χ4n) is 2.33. The first-order valence-corrected chi connectivity index (χ1v) is 5.11. The van der Waals surface area contributed by atoms with E-state index < -0.39 is 5.60 Å². The van der Waals surface area contributed by atoms with Crippen molar-refractivity contribution in [1.29, 1.82) is 0 Å². The Balaban J connectivity index is 2.34. The third-order valence-corrected chi connectivity index (χ3v) is 3.35. The van der Waals surface area contributed by atoms with Crippen LogP contribution in [0.15, 0.2) is 24.3 Å². The summed E-state index contributed by atoms with van der Waals surface area (Å²) in [4.78, 5) is 0.